The first-order valence-corrected chi connectivity index (χ1v) is 6.16. The van der Waals surface area contributed by atoms with Crippen LogP contribution in [0.4, 0.5) is 0 Å². The SMILES string of the molecule is CC(O)(CNC(=O)CCn1ccccc1=O)CC(=O)O. The Morgan fingerprint density at radius 3 is 2.70 bits per heavy atom. The molecule has 0 aromatic carbocycles. The summed E-state index contributed by atoms with van der Waals surface area (Å²) >= 11 is 0. The maximum absolute atomic E-state index is 11.6. The van der Waals surface area contributed by atoms with Crippen molar-refractivity contribution in [3.8, 4) is 0 Å². The second kappa shape index (κ2) is 6.85. The van der Waals surface area contributed by atoms with E-state index in [1.807, 2.05) is 0 Å². The largest absolute Gasteiger partial charge is 0.481 e. The molecular formula is C13H18N2O5. The quantitative estimate of drug-likeness (QED) is 0.629. The fraction of sp³-hybridized carbons (Fsp3) is 0.462. The maximum atomic E-state index is 11.6. The molecule has 0 fully saturated rings. The second-order valence-electron chi connectivity index (χ2n) is 4.83. The number of hydrogen-bond donors (Lipinski definition) is 3. The van der Waals surface area contributed by atoms with Crippen LogP contribution in [0.25, 0.3) is 0 Å². The van der Waals surface area contributed by atoms with Crippen molar-refractivity contribution in [3.05, 3.63) is 34.7 Å². The Labute approximate surface area is 115 Å². The van der Waals surface area contributed by atoms with E-state index < -0.39 is 18.0 Å². The van der Waals surface area contributed by atoms with Crippen LogP contribution in [0.1, 0.15) is 19.8 Å². The van der Waals surface area contributed by atoms with Gasteiger partial charge in [-0.15, -0.1) is 0 Å². The summed E-state index contributed by atoms with van der Waals surface area (Å²) in [5, 5.41) is 20.7. The molecule has 0 aliphatic heterocycles. The van der Waals surface area contributed by atoms with Gasteiger partial charge in [-0.25, -0.2) is 0 Å². The molecule has 110 valence electrons. The number of nitrogens with one attached hydrogen (secondary N) is 1. The van der Waals surface area contributed by atoms with E-state index in [-0.39, 0.29) is 31.0 Å². The van der Waals surface area contributed by atoms with Gasteiger partial charge in [0.2, 0.25) is 5.91 Å². The van der Waals surface area contributed by atoms with E-state index in [4.69, 9.17) is 5.11 Å². The van der Waals surface area contributed by atoms with Crippen LogP contribution in [0.2, 0.25) is 0 Å². The Kier molecular flexibility index (Phi) is 5.45. The first-order valence-electron chi connectivity index (χ1n) is 6.16. The first kappa shape index (κ1) is 15.9. The Morgan fingerprint density at radius 1 is 1.40 bits per heavy atom. The third-order valence-corrected chi connectivity index (χ3v) is 2.68. The lowest BCUT2D eigenvalue weighted by Crippen LogP contribution is -2.42. The lowest BCUT2D eigenvalue weighted by molar-refractivity contribution is -0.142. The van der Waals surface area contributed by atoms with E-state index in [9.17, 15) is 19.5 Å². The highest BCUT2D eigenvalue weighted by molar-refractivity contribution is 5.76. The number of amides is 1. The lowest BCUT2D eigenvalue weighted by atomic mass is 10.0. The molecule has 0 aliphatic carbocycles. The number of carbonyl (C=O) groups is 2. The minimum atomic E-state index is -1.49. The molecule has 7 nitrogen and oxygen atoms in total. The van der Waals surface area contributed by atoms with Gasteiger partial charge in [0.1, 0.15) is 0 Å². The molecule has 0 aliphatic rings. The van der Waals surface area contributed by atoms with Gasteiger partial charge in [0.15, 0.2) is 0 Å². The maximum Gasteiger partial charge on any atom is 0.306 e. The molecule has 0 spiro atoms. The predicted molar refractivity (Wildman–Crippen MR) is 71.2 cm³/mol. The normalized spacial score (nSPS) is 13.5. The minimum Gasteiger partial charge on any atom is -0.481 e. The summed E-state index contributed by atoms with van der Waals surface area (Å²) < 4.78 is 1.40. The number of carboxylic acid groups (broad SMARTS) is 1. The molecule has 1 amide bonds. The Morgan fingerprint density at radius 2 is 2.10 bits per heavy atom. The van der Waals surface area contributed by atoms with Gasteiger partial charge in [0.25, 0.3) is 5.56 Å². The molecule has 1 aromatic rings. The molecule has 3 N–H and O–H groups in total. The van der Waals surface area contributed by atoms with Crippen LogP contribution in [0.5, 0.6) is 0 Å². The van der Waals surface area contributed by atoms with Crippen LogP contribution in [0, 0.1) is 0 Å². The third kappa shape index (κ3) is 5.66. The zero-order valence-corrected chi connectivity index (χ0v) is 11.2. The van der Waals surface area contributed by atoms with E-state index in [0.29, 0.717) is 0 Å². The summed E-state index contributed by atoms with van der Waals surface area (Å²) in [6, 6.07) is 4.70. The number of rotatable bonds is 7. The number of carbonyl (C=O) groups excluding carboxylic acids is 1. The van der Waals surface area contributed by atoms with E-state index in [0.717, 1.165) is 0 Å². The van der Waals surface area contributed by atoms with Gasteiger partial charge in [0.05, 0.1) is 12.0 Å². The zero-order chi connectivity index (χ0) is 15.2. The highest BCUT2D eigenvalue weighted by Crippen LogP contribution is 2.07. The lowest BCUT2D eigenvalue weighted by Gasteiger charge is -2.21. The zero-order valence-electron chi connectivity index (χ0n) is 11.2. The summed E-state index contributed by atoms with van der Waals surface area (Å²) in [6.45, 7) is 1.41. The number of aromatic nitrogens is 1. The van der Waals surface area contributed by atoms with Crippen LogP contribution in [0.15, 0.2) is 29.2 Å². The van der Waals surface area contributed by atoms with Crippen molar-refractivity contribution >= 4 is 11.9 Å². The molecular weight excluding hydrogens is 264 g/mol. The monoisotopic (exact) mass is 282 g/mol. The van der Waals surface area contributed by atoms with Crippen LogP contribution in [0.3, 0.4) is 0 Å². The highest BCUT2D eigenvalue weighted by atomic mass is 16.4. The van der Waals surface area contributed by atoms with E-state index in [1.54, 1.807) is 18.3 Å². The Bertz CT molecular complexity index is 536. The second-order valence-corrected chi connectivity index (χ2v) is 4.83. The van der Waals surface area contributed by atoms with Crippen molar-refractivity contribution in [1.29, 1.82) is 0 Å². The van der Waals surface area contributed by atoms with Crippen molar-refractivity contribution in [2.75, 3.05) is 6.54 Å². The fourth-order valence-corrected chi connectivity index (χ4v) is 1.63. The summed E-state index contributed by atoms with van der Waals surface area (Å²) in [4.78, 5) is 33.5. The average Bonchev–Trinajstić information content (AvgIpc) is 2.34. The number of aliphatic carboxylic acids is 1. The first-order chi connectivity index (χ1) is 9.30. The van der Waals surface area contributed by atoms with Gasteiger partial charge in [-0.05, 0) is 13.0 Å². The molecule has 0 radical (unpaired) electrons. The molecule has 1 unspecified atom stereocenters. The van der Waals surface area contributed by atoms with E-state index >= 15 is 0 Å². The van der Waals surface area contributed by atoms with E-state index in [1.165, 1.54) is 17.6 Å². The summed E-state index contributed by atoms with van der Waals surface area (Å²) in [5.41, 5.74) is -1.69. The number of carboxylic acids is 1. The van der Waals surface area contributed by atoms with Crippen molar-refractivity contribution in [1.82, 2.24) is 9.88 Å². The summed E-state index contributed by atoms with van der Waals surface area (Å²) in [5.74, 6) is -1.49. The molecule has 0 bridgehead atoms. The molecule has 0 saturated carbocycles. The van der Waals surface area contributed by atoms with Crippen molar-refractivity contribution in [2.24, 2.45) is 0 Å². The van der Waals surface area contributed by atoms with Crippen LogP contribution < -0.4 is 10.9 Å². The van der Waals surface area contributed by atoms with Crippen LogP contribution in [-0.4, -0.2) is 38.8 Å². The Hall–Kier alpha value is -2.15. The topological polar surface area (TPSA) is 109 Å². The number of nitrogens with zero attached hydrogens (tertiary/aromatic N) is 1. The van der Waals surface area contributed by atoms with Crippen molar-refractivity contribution in [3.63, 3.8) is 0 Å². The average molecular weight is 282 g/mol. The molecule has 1 rings (SSSR count). The van der Waals surface area contributed by atoms with Gasteiger partial charge in [-0.3, -0.25) is 14.4 Å². The molecule has 0 saturated heterocycles. The van der Waals surface area contributed by atoms with Crippen LogP contribution >= 0.6 is 0 Å². The highest BCUT2D eigenvalue weighted by Gasteiger charge is 2.24. The smallest absolute Gasteiger partial charge is 0.306 e. The molecule has 7 heteroatoms. The standard InChI is InChI=1S/C13H18N2O5/c1-13(20,8-12(18)19)9-14-10(16)5-7-15-6-3-2-4-11(15)17/h2-4,6,20H,5,7-9H2,1H3,(H,14,16)(H,18,19). The minimum absolute atomic E-state index is 0.0765. The van der Waals surface area contributed by atoms with E-state index in [2.05, 4.69) is 5.32 Å². The molecule has 1 atom stereocenters. The van der Waals surface area contributed by atoms with Gasteiger partial charge in [0, 0.05) is 31.8 Å². The van der Waals surface area contributed by atoms with Gasteiger partial charge < -0.3 is 20.1 Å². The Balaban J connectivity index is 2.40. The third-order valence-electron chi connectivity index (χ3n) is 2.68. The molecule has 20 heavy (non-hydrogen) atoms. The van der Waals surface area contributed by atoms with Crippen molar-refractivity contribution in [2.45, 2.75) is 31.9 Å². The fourth-order valence-electron chi connectivity index (χ4n) is 1.63. The number of aliphatic hydroxyl groups is 1. The number of hydrogen-bond acceptors (Lipinski definition) is 4. The van der Waals surface area contributed by atoms with Gasteiger partial charge >= 0.3 is 5.97 Å². The predicted octanol–water partition coefficient (Wildman–Crippen LogP) is -0.420. The van der Waals surface area contributed by atoms with Crippen LogP contribution in [-0.2, 0) is 16.1 Å². The van der Waals surface area contributed by atoms with Gasteiger partial charge in [-0.1, -0.05) is 6.07 Å². The molecule has 1 aromatic heterocycles. The number of aryl methyl sites for hydroxylation is 1. The van der Waals surface area contributed by atoms with Gasteiger partial charge in [-0.2, -0.15) is 0 Å². The number of pyridine rings is 1. The van der Waals surface area contributed by atoms with Crippen molar-refractivity contribution < 1.29 is 19.8 Å². The summed E-state index contributed by atoms with van der Waals surface area (Å²) in [7, 11) is 0. The molecule has 1 heterocycles. The summed E-state index contributed by atoms with van der Waals surface area (Å²) in [6.07, 6.45) is 1.20.